The number of likely N-dealkylation sites (tertiary alicyclic amines) is 3. The molecule has 8 aromatic rings. The normalized spacial score (nSPS) is 21.5. The standard InChI is InChI=1S/C34H38ClN7O3.C33H37ClFN7O2.C30H36F3N7O2.7H2S/c1-3-31(43)42-15-14-41(19-25(42)18-36-2)33-27-11-13-40(30-10-5-8-23-7-4-9-28(35)32(23)30)21-29(27)37-34(38-33)44-16-6-12-39-20-26-17-24(39)22-45-26;1-5-29(43)42-15-14-41(18-24(42)17-36-3)31-25-12-13-40(28-11-7-9-22-8-6-10-26(34)30(22)28)19-27(25)37-32(38-31)44-20-23-16-33(2,35)21-39(23)4;1-5-26(41)40-15-14-39(17-22(40)16-34-3)28-23-11-13-38(25-10-6-8-20(2)27(25)30(31,32)33)18-24(23)35-29(36-28)42-19-21-9-7-12-37(21)4;;;;;;;/h3-5,7-10,24-26H,1,6,11-22H2;5-11,23-24H,1,12-21H2,2,4H3;5-6,8,10,21-22H,1,7,9,11-19H2,2,4H3;7*1H2/t24-,25-,26-;23-,24-,33?;21-,22-;;;;;;;/m000......./s1. The summed E-state index contributed by atoms with van der Waals surface area (Å²) in [4.78, 5) is 102. The number of aromatic nitrogens is 6. The predicted octanol–water partition coefficient (Wildman–Crippen LogP) is 13.7. The van der Waals surface area contributed by atoms with Crippen molar-refractivity contribution in [1.82, 2.24) is 59.3 Å². The summed E-state index contributed by atoms with van der Waals surface area (Å²) >= 11 is 13.4. The molecular formula is C97H125Cl2F4N21O7S7. The first-order valence-electron chi connectivity index (χ1n) is 45.1. The van der Waals surface area contributed by atoms with Gasteiger partial charge in [0.05, 0.1) is 71.6 Å². The molecule has 138 heavy (non-hydrogen) atoms. The second-order valence-corrected chi connectivity index (χ2v) is 36.4. The van der Waals surface area contributed by atoms with Crippen molar-refractivity contribution in [2.45, 2.75) is 139 Å². The average Bonchev–Trinajstić information content (AvgIpc) is 1.15. The van der Waals surface area contributed by atoms with Crippen LogP contribution >= 0.6 is 118 Å². The van der Waals surface area contributed by atoms with Gasteiger partial charge in [0.2, 0.25) is 37.4 Å². The maximum atomic E-state index is 14.7. The summed E-state index contributed by atoms with van der Waals surface area (Å²) < 4.78 is 81.3. The fraction of sp³-hybridized carbons (Fsp3) is 0.485. The Labute approximate surface area is 864 Å². The molecule has 7 fully saturated rings. The van der Waals surface area contributed by atoms with Gasteiger partial charge in [0.1, 0.15) is 54.5 Å². The van der Waals surface area contributed by atoms with Crippen molar-refractivity contribution < 1.29 is 50.9 Å². The van der Waals surface area contributed by atoms with Crippen LogP contribution in [-0.2, 0) is 64.2 Å². The molecule has 1 unspecified atom stereocenters. The van der Waals surface area contributed by atoms with Crippen LogP contribution in [0.25, 0.3) is 36.1 Å². The van der Waals surface area contributed by atoms with Crippen LogP contribution in [0.15, 0.2) is 129 Å². The quantitative estimate of drug-likeness (QED) is 0.0252. The number of alkyl halides is 4. The van der Waals surface area contributed by atoms with E-state index in [4.69, 9.17) is 91.8 Å². The lowest BCUT2D eigenvalue weighted by molar-refractivity contribution is -0.137. The van der Waals surface area contributed by atoms with E-state index in [0.29, 0.717) is 152 Å². The minimum absolute atomic E-state index is 0. The van der Waals surface area contributed by atoms with Crippen molar-refractivity contribution in [1.29, 1.82) is 0 Å². The third-order valence-corrected chi connectivity index (χ3v) is 27.7. The number of likely N-dealkylation sites (N-methyl/N-ethyl adjacent to an activating group) is 2. The van der Waals surface area contributed by atoms with Gasteiger partial charge in [-0.2, -0.15) is 138 Å². The molecule has 28 nitrogen and oxygen atoms in total. The molecule has 3 amide bonds. The molecule has 41 heteroatoms. The predicted molar refractivity (Wildman–Crippen MR) is 572 cm³/mol. The lowest BCUT2D eigenvalue weighted by Crippen LogP contribution is -2.56. The SMILES string of the molecule is S.S.S.S.S.S.S.[C-]#[N+]C[C@H]1CN(c2nc(OCCCN3C[C@@H]4C[C@H]3CO4)nc3c2CCN(c2cccc4cccc(Cl)c24)C3)CCN1C(=O)C=C.[C-]#[N+]C[C@H]1CN(c2nc(OC[C@@H]3CC(C)(F)CN3C)nc3c2CCN(c2cccc4cccc(Cl)c24)C3)CCN1C(=O)C=C.[C-]#[N+]C[C@H]1CN(c2nc(OC[C@@H]3CCCN3C)nc3c2CCN(c2cccc(C)c2C(F)(F)F)C3)CCN1C(=O)C=C. The van der Waals surface area contributed by atoms with Gasteiger partial charge in [0.15, 0.2) is 0 Å². The molecule has 0 saturated carbocycles. The van der Waals surface area contributed by atoms with Crippen LogP contribution in [0.4, 0.5) is 52.1 Å². The number of benzene rings is 5. The summed E-state index contributed by atoms with van der Waals surface area (Å²) in [5.74, 6) is 1.76. The number of hydrogen-bond acceptors (Lipinski definition) is 22. The van der Waals surface area contributed by atoms with Crippen LogP contribution in [0.1, 0.15) is 83.9 Å². The molecule has 2 bridgehead atoms. The van der Waals surface area contributed by atoms with Gasteiger partial charge in [-0.1, -0.05) is 104 Å². The molecule has 10 aliphatic rings. The minimum atomic E-state index is -4.49. The number of amides is 3. The summed E-state index contributed by atoms with van der Waals surface area (Å²) in [6.07, 6.45) is 6.21. The third kappa shape index (κ3) is 25.2. The van der Waals surface area contributed by atoms with Crippen LogP contribution in [0, 0.1) is 26.6 Å². The molecule has 18 rings (SSSR count). The number of anilines is 6. The van der Waals surface area contributed by atoms with Gasteiger partial charge < -0.3 is 82.5 Å². The molecule has 5 aromatic carbocycles. The summed E-state index contributed by atoms with van der Waals surface area (Å²) in [5, 5.41) is 5.67. The van der Waals surface area contributed by atoms with E-state index >= 15 is 0 Å². The van der Waals surface area contributed by atoms with Gasteiger partial charge in [-0.05, 0) is 144 Å². The van der Waals surface area contributed by atoms with Gasteiger partial charge in [-0.25, -0.2) is 24.1 Å². The van der Waals surface area contributed by atoms with Crippen LogP contribution in [-0.4, -0.2) is 290 Å². The Morgan fingerprint density at radius 1 is 0.522 bits per heavy atom. The van der Waals surface area contributed by atoms with Crippen LogP contribution in [0.5, 0.6) is 18.0 Å². The van der Waals surface area contributed by atoms with Crippen molar-refractivity contribution in [3.05, 3.63) is 218 Å². The number of rotatable bonds is 23. The maximum Gasteiger partial charge on any atom is 0.418 e. The fourth-order valence-electron chi connectivity index (χ4n) is 20.5. The zero-order valence-corrected chi connectivity index (χ0v) is 86.6. The zero-order chi connectivity index (χ0) is 91.9. The Bertz CT molecular complexity index is 5770. The van der Waals surface area contributed by atoms with Crippen molar-refractivity contribution in [3.63, 3.8) is 0 Å². The van der Waals surface area contributed by atoms with Crippen molar-refractivity contribution >= 4 is 191 Å². The summed E-state index contributed by atoms with van der Waals surface area (Å²) in [6.45, 7) is 50.0. The summed E-state index contributed by atoms with van der Waals surface area (Å²) in [5.41, 5.74) is 5.99. The topological polar surface area (TPSA) is 217 Å². The van der Waals surface area contributed by atoms with E-state index in [1.807, 2.05) is 42.3 Å². The molecule has 744 valence electrons. The highest BCUT2D eigenvalue weighted by Gasteiger charge is 2.45. The Hall–Kier alpha value is -9.25. The number of aryl methyl sites for hydroxylation is 1. The zero-order valence-electron chi connectivity index (χ0n) is 78.1. The van der Waals surface area contributed by atoms with E-state index < -0.39 is 17.4 Å². The smallest absolute Gasteiger partial charge is 0.418 e. The Kier molecular flexibility index (Phi) is 40.7. The van der Waals surface area contributed by atoms with Crippen molar-refractivity contribution in [2.24, 2.45) is 0 Å². The van der Waals surface area contributed by atoms with Crippen molar-refractivity contribution in [3.8, 4) is 18.0 Å². The second-order valence-electron chi connectivity index (χ2n) is 35.6. The summed E-state index contributed by atoms with van der Waals surface area (Å²) in [6, 6.07) is 29.7. The van der Waals surface area contributed by atoms with Crippen LogP contribution < -0.4 is 43.6 Å². The first kappa shape index (κ1) is 112. The second kappa shape index (κ2) is 49.9. The number of carbonyl (C=O) groups excluding carboxylic acids is 3. The molecule has 13 heterocycles. The molecule has 0 spiro atoms. The maximum absolute atomic E-state index is 14.7. The number of nitrogens with zero attached hydrogens (tertiary/aromatic N) is 21. The molecule has 0 radical (unpaired) electrons. The first-order chi connectivity index (χ1) is 63.3. The van der Waals surface area contributed by atoms with Gasteiger partial charge in [-0.15, -0.1) is 0 Å². The Morgan fingerprint density at radius 3 is 1.30 bits per heavy atom. The summed E-state index contributed by atoms with van der Waals surface area (Å²) in [7, 11) is 3.96. The van der Waals surface area contributed by atoms with E-state index in [-0.39, 0.29) is 198 Å². The first-order valence-corrected chi connectivity index (χ1v) is 45.9. The highest BCUT2D eigenvalue weighted by atomic mass is 35.5. The number of morpholine rings is 1. The van der Waals surface area contributed by atoms with E-state index in [1.165, 1.54) is 37.3 Å². The number of halogens is 6. The van der Waals surface area contributed by atoms with Gasteiger partial charge in [0.25, 0.3) is 0 Å². The molecule has 0 aliphatic carbocycles. The average molecular weight is 2070 g/mol. The number of piperazine rings is 3. The number of fused-ring (bicyclic) bond motifs is 7. The van der Waals surface area contributed by atoms with Gasteiger partial charge >= 0.3 is 24.2 Å². The number of ether oxygens (including phenoxy) is 4. The van der Waals surface area contributed by atoms with E-state index in [0.717, 1.165) is 149 Å². The van der Waals surface area contributed by atoms with E-state index in [9.17, 15) is 31.9 Å². The lowest BCUT2D eigenvalue weighted by Gasteiger charge is -2.41. The molecule has 7 saturated heterocycles. The van der Waals surface area contributed by atoms with Gasteiger partial charge in [0, 0.05) is 167 Å². The molecular weight excluding hydrogens is 1940 g/mol. The Balaban J connectivity index is 0.000000226. The number of hydrogen-bond donors (Lipinski definition) is 0. The molecule has 8 atom stereocenters. The molecule has 3 aromatic heterocycles. The van der Waals surface area contributed by atoms with E-state index in [1.54, 1.807) is 32.6 Å². The third-order valence-electron chi connectivity index (χ3n) is 27.1. The Morgan fingerprint density at radius 2 is 0.928 bits per heavy atom. The van der Waals surface area contributed by atoms with E-state index in [2.05, 4.69) is 118 Å². The molecule has 0 N–H and O–H groups in total. The number of carbonyl (C=O) groups is 3. The van der Waals surface area contributed by atoms with Crippen molar-refractivity contribution in [2.75, 3.05) is 194 Å². The largest absolute Gasteiger partial charge is 0.463 e. The molecule has 10 aliphatic heterocycles. The fourth-order valence-corrected chi connectivity index (χ4v) is 21.1. The lowest BCUT2D eigenvalue weighted by atomic mass is 10.00. The highest BCUT2D eigenvalue weighted by Crippen LogP contribution is 2.45. The van der Waals surface area contributed by atoms with Crippen LogP contribution in [0.3, 0.4) is 0 Å². The monoisotopic (exact) mass is 2070 g/mol. The highest BCUT2D eigenvalue weighted by molar-refractivity contribution is 7.60. The van der Waals surface area contributed by atoms with Gasteiger partial charge in [-0.3, -0.25) is 24.2 Å². The minimum Gasteiger partial charge on any atom is -0.463 e. The van der Waals surface area contributed by atoms with Crippen LogP contribution in [0.2, 0.25) is 10.0 Å².